The maximum absolute atomic E-state index is 11.9. The van der Waals surface area contributed by atoms with Gasteiger partial charge < -0.3 is 14.2 Å². The van der Waals surface area contributed by atoms with E-state index < -0.39 is 17.4 Å². The van der Waals surface area contributed by atoms with Crippen molar-refractivity contribution in [1.29, 1.82) is 0 Å². The highest BCUT2D eigenvalue weighted by Crippen LogP contribution is 2.34. The fraction of sp³-hybridized carbons (Fsp3) is 0.538. The number of hydrogen-bond acceptors (Lipinski definition) is 5. The lowest BCUT2D eigenvalue weighted by atomic mass is 9.80. The number of ether oxygens (including phenoxy) is 3. The van der Waals surface area contributed by atoms with Gasteiger partial charge in [0.05, 0.1) is 33.0 Å². The van der Waals surface area contributed by atoms with E-state index in [0.29, 0.717) is 18.8 Å². The van der Waals surface area contributed by atoms with Gasteiger partial charge in [0, 0.05) is 6.42 Å². The Morgan fingerprint density at radius 2 is 2.06 bits per heavy atom. The number of allylic oxidation sites excluding steroid dienone is 1. The standard InChI is InChI=1S/C13H18O5/c1-4-18-10-6-5-7-13(8-10,12(15)17-3)9-11(14)16-2/h5,7-8H,4,6,9H2,1-3H3. The van der Waals surface area contributed by atoms with Crippen molar-refractivity contribution in [3.8, 4) is 0 Å². The zero-order valence-corrected chi connectivity index (χ0v) is 10.9. The lowest BCUT2D eigenvalue weighted by molar-refractivity contribution is -0.154. The van der Waals surface area contributed by atoms with Crippen molar-refractivity contribution in [2.75, 3.05) is 20.8 Å². The molecule has 5 nitrogen and oxygen atoms in total. The number of rotatable bonds is 5. The highest BCUT2D eigenvalue weighted by Gasteiger charge is 2.40. The highest BCUT2D eigenvalue weighted by atomic mass is 16.5. The Hall–Kier alpha value is -1.78. The molecule has 0 amide bonds. The minimum atomic E-state index is -1.12. The molecule has 0 aliphatic heterocycles. The fourth-order valence-electron chi connectivity index (χ4n) is 1.88. The minimum Gasteiger partial charge on any atom is -0.498 e. The van der Waals surface area contributed by atoms with Crippen LogP contribution in [0, 0.1) is 5.41 Å². The van der Waals surface area contributed by atoms with Crippen LogP contribution in [0.15, 0.2) is 24.0 Å². The lowest BCUT2D eigenvalue weighted by Gasteiger charge is -2.27. The van der Waals surface area contributed by atoms with Crippen LogP contribution < -0.4 is 0 Å². The average molecular weight is 254 g/mol. The summed E-state index contributed by atoms with van der Waals surface area (Å²) in [6.07, 6.45) is 5.61. The highest BCUT2D eigenvalue weighted by molar-refractivity contribution is 5.87. The van der Waals surface area contributed by atoms with Crippen molar-refractivity contribution >= 4 is 11.9 Å². The third-order valence-corrected chi connectivity index (χ3v) is 2.71. The van der Waals surface area contributed by atoms with E-state index in [-0.39, 0.29) is 6.42 Å². The van der Waals surface area contributed by atoms with Crippen molar-refractivity contribution < 1.29 is 23.8 Å². The number of esters is 2. The molecule has 1 rings (SSSR count). The molecule has 0 fully saturated rings. The van der Waals surface area contributed by atoms with Crippen LogP contribution in [0.1, 0.15) is 19.8 Å². The number of hydrogen-bond donors (Lipinski definition) is 0. The molecule has 0 bridgehead atoms. The van der Waals surface area contributed by atoms with Crippen molar-refractivity contribution in [3.05, 3.63) is 24.0 Å². The van der Waals surface area contributed by atoms with E-state index in [1.54, 1.807) is 18.2 Å². The first kappa shape index (κ1) is 14.3. The van der Waals surface area contributed by atoms with Crippen LogP contribution in [-0.2, 0) is 23.8 Å². The Kier molecular flexibility index (Phi) is 4.95. The summed E-state index contributed by atoms with van der Waals surface area (Å²) in [5.74, 6) is -0.311. The van der Waals surface area contributed by atoms with Crippen molar-refractivity contribution in [3.63, 3.8) is 0 Å². The summed E-state index contributed by atoms with van der Waals surface area (Å²) >= 11 is 0. The van der Waals surface area contributed by atoms with Gasteiger partial charge in [0.15, 0.2) is 0 Å². The molecule has 0 aromatic rings. The molecule has 0 radical (unpaired) electrons. The van der Waals surface area contributed by atoms with Gasteiger partial charge in [0.2, 0.25) is 0 Å². The van der Waals surface area contributed by atoms with Gasteiger partial charge in [0.1, 0.15) is 5.41 Å². The molecular formula is C13H18O5. The quantitative estimate of drug-likeness (QED) is 0.550. The Morgan fingerprint density at radius 1 is 1.33 bits per heavy atom. The van der Waals surface area contributed by atoms with Crippen LogP contribution in [0.25, 0.3) is 0 Å². The second kappa shape index (κ2) is 6.23. The Bertz CT molecular complexity index is 383. The first-order chi connectivity index (χ1) is 8.57. The largest absolute Gasteiger partial charge is 0.498 e. The summed E-state index contributed by atoms with van der Waals surface area (Å²) < 4.78 is 14.8. The summed E-state index contributed by atoms with van der Waals surface area (Å²) in [7, 11) is 2.57. The molecule has 1 atom stereocenters. The number of carbonyl (C=O) groups excluding carboxylic acids is 2. The molecule has 18 heavy (non-hydrogen) atoms. The second-order valence-electron chi connectivity index (χ2n) is 3.94. The normalized spacial score (nSPS) is 22.1. The maximum atomic E-state index is 11.9. The molecule has 0 saturated carbocycles. The first-order valence-electron chi connectivity index (χ1n) is 5.75. The van der Waals surface area contributed by atoms with Crippen molar-refractivity contribution in [1.82, 2.24) is 0 Å². The molecule has 0 heterocycles. The Labute approximate surface area is 106 Å². The maximum Gasteiger partial charge on any atom is 0.320 e. The predicted molar refractivity (Wildman–Crippen MR) is 64.5 cm³/mol. The minimum absolute atomic E-state index is 0.0940. The van der Waals surface area contributed by atoms with Gasteiger partial charge in [-0.15, -0.1) is 0 Å². The molecule has 0 N–H and O–H groups in total. The number of carbonyl (C=O) groups is 2. The summed E-state index contributed by atoms with van der Waals surface area (Å²) in [6.45, 7) is 2.37. The molecule has 100 valence electrons. The summed E-state index contributed by atoms with van der Waals surface area (Å²) in [6, 6.07) is 0. The zero-order valence-electron chi connectivity index (χ0n) is 10.9. The molecule has 0 spiro atoms. The summed E-state index contributed by atoms with van der Waals surface area (Å²) in [5.41, 5.74) is -1.12. The van der Waals surface area contributed by atoms with Gasteiger partial charge in [-0.25, -0.2) is 0 Å². The average Bonchev–Trinajstić information content (AvgIpc) is 2.38. The van der Waals surface area contributed by atoms with Gasteiger partial charge in [-0.2, -0.15) is 0 Å². The third kappa shape index (κ3) is 3.12. The van der Waals surface area contributed by atoms with Gasteiger partial charge in [-0.3, -0.25) is 9.59 Å². The summed E-state index contributed by atoms with van der Waals surface area (Å²) in [5, 5.41) is 0. The molecule has 0 saturated heterocycles. The Morgan fingerprint density at radius 3 is 2.61 bits per heavy atom. The molecule has 5 heteroatoms. The number of methoxy groups -OCH3 is 2. The monoisotopic (exact) mass is 254 g/mol. The van der Waals surface area contributed by atoms with E-state index >= 15 is 0 Å². The van der Waals surface area contributed by atoms with Gasteiger partial charge in [-0.1, -0.05) is 12.2 Å². The van der Waals surface area contributed by atoms with Crippen LogP contribution >= 0.6 is 0 Å². The zero-order chi connectivity index (χ0) is 13.6. The van der Waals surface area contributed by atoms with Crippen molar-refractivity contribution in [2.45, 2.75) is 19.8 Å². The second-order valence-corrected chi connectivity index (χ2v) is 3.94. The van der Waals surface area contributed by atoms with Crippen LogP contribution in [0.2, 0.25) is 0 Å². The van der Waals surface area contributed by atoms with E-state index in [1.807, 2.05) is 6.92 Å². The molecule has 1 aliphatic carbocycles. The fourth-order valence-corrected chi connectivity index (χ4v) is 1.88. The van der Waals surface area contributed by atoms with Gasteiger partial charge in [-0.05, 0) is 13.0 Å². The molecule has 0 aromatic heterocycles. The van der Waals surface area contributed by atoms with E-state index in [4.69, 9.17) is 9.47 Å². The van der Waals surface area contributed by atoms with E-state index in [1.165, 1.54) is 14.2 Å². The van der Waals surface area contributed by atoms with Crippen LogP contribution in [0.3, 0.4) is 0 Å². The van der Waals surface area contributed by atoms with Crippen LogP contribution in [0.4, 0.5) is 0 Å². The van der Waals surface area contributed by atoms with Crippen LogP contribution in [-0.4, -0.2) is 32.8 Å². The van der Waals surface area contributed by atoms with Crippen LogP contribution in [0.5, 0.6) is 0 Å². The van der Waals surface area contributed by atoms with Gasteiger partial charge in [0.25, 0.3) is 0 Å². The predicted octanol–water partition coefficient (Wildman–Crippen LogP) is 1.59. The topological polar surface area (TPSA) is 61.8 Å². The molecule has 1 aliphatic rings. The lowest BCUT2D eigenvalue weighted by Crippen LogP contribution is -2.33. The van der Waals surface area contributed by atoms with E-state index in [2.05, 4.69) is 4.74 Å². The van der Waals surface area contributed by atoms with Crippen molar-refractivity contribution in [2.24, 2.45) is 5.41 Å². The SMILES string of the molecule is CCOC1=CC(CC(=O)OC)(C(=O)OC)C=CC1. The third-order valence-electron chi connectivity index (χ3n) is 2.71. The molecular weight excluding hydrogens is 236 g/mol. The smallest absolute Gasteiger partial charge is 0.320 e. The van der Waals surface area contributed by atoms with E-state index in [0.717, 1.165) is 0 Å². The summed E-state index contributed by atoms with van der Waals surface area (Å²) in [4.78, 5) is 23.3. The van der Waals surface area contributed by atoms with E-state index in [9.17, 15) is 9.59 Å². The molecule has 1 unspecified atom stereocenters. The molecule has 0 aromatic carbocycles. The Balaban J connectivity index is 3.03. The van der Waals surface area contributed by atoms with Gasteiger partial charge >= 0.3 is 11.9 Å². The first-order valence-corrected chi connectivity index (χ1v) is 5.75.